The maximum atomic E-state index is 9.88. The topological polar surface area (TPSA) is 72.7 Å². The second-order valence-electron chi connectivity index (χ2n) is 4.83. The summed E-state index contributed by atoms with van der Waals surface area (Å²) >= 11 is 0. The van der Waals surface area contributed by atoms with Gasteiger partial charge in [-0.2, -0.15) is 0 Å². The zero-order valence-electron chi connectivity index (χ0n) is 9.45. The summed E-state index contributed by atoms with van der Waals surface area (Å²) in [4.78, 5) is 0. The normalized spacial score (nSPS) is 28.8. The van der Waals surface area contributed by atoms with Gasteiger partial charge in [0.05, 0.1) is 24.9 Å². The molecule has 0 radical (unpaired) electrons. The molecule has 4 nitrogen and oxygen atoms in total. The smallest absolute Gasteiger partial charge is 0.0693 e. The van der Waals surface area contributed by atoms with Gasteiger partial charge in [0.15, 0.2) is 0 Å². The Labute approximate surface area is 91.3 Å². The first kappa shape index (κ1) is 12.9. The highest BCUT2D eigenvalue weighted by Crippen LogP contribution is 2.20. The molecular weight excluding hydrogens is 194 g/mol. The second-order valence-corrected chi connectivity index (χ2v) is 4.83. The molecule has 1 aliphatic carbocycles. The van der Waals surface area contributed by atoms with Gasteiger partial charge in [0.25, 0.3) is 0 Å². The minimum Gasteiger partial charge on any atom is -0.394 e. The molecule has 0 amide bonds. The molecular formula is C11H23NO3. The van der Waals surface area contributed by atoms with Crippen molar-refractivity contribution in [1.82, 2.24) is 5.32 Å². The lowest BCUT2D eigenvalue weighted by molar-refractivity contribution is 0.0537. The third kappa shape index (κ3) is 3.72. The Morgan fingerprint density at radius 2 is 1.73 bits per heavy atom. The van der Waals surface area contributed by atoms with Crippen LogP contribution in [0.3, 0.4) is 0 Å². The molecule has 0 aromatic rings. The van der Waals surface area contributed by atoms with Crippen LogP contribution >= 0.6 is 0 Å². The molecule has 4 N–H and O–H groups in total. The number of nitrogens with one attached hydrogen (secondary N) is 1. The van der Waals surface area contributed by atoms with Crippen molar-refractivity contribution in [2.24, 2.45) is 0 Å². The van der Waals surface area contributed by atoms with Gasteiger partial charge in [-0.25, -0.2) is 0 Å². The number of aliphatic hydroxyl groups is 3. The SMILES string of the molecule is CC(CO)(CO)NC1CCCCCC1O. The van der Waals surface area contributed by atoms with Gasteiger partial charge in [0, 0.05) is 6.04 Å². The molecule has 15 heavy (non-hydrogen) atoms. The molecule has 1 fully saturated rings. The van der Waals surface area contributed by atoms with Gasteiger partial charge in [0.2, 0.25) is 0 Å². The van der Waals surface area contributed by atoms with Gasteiger partial charge < -0.3 is 20.6 Å². The van der Waals surface area contributed by atoms with Crippen molar-refractivity contribution >= 4 is 0 Å². The standard InChI is InChI=1S/C11H23NO3/c1-11(7-13,8-14)12-9-5-3-2-4-6-10(9)15/h9-10,12-15H,2-8H2,1H3. The molecule has 0 spiro atoms. The first-order chi connectivity index (χ1) is 7.11. The zero-order chi connectivity index (χ0) is 11.3. The molecule has 1 saturated carbocycles. The maximum Gasteiger partial charge on any atom is 0.0693 e. The zero-order valence-corrected chi connectivity index (χ0v) is 9.45. The summed E-state index contributed by atoms with van der Waals surface area (Å²) in [5.74, 6) is 0. The third-order valence-corrected chi connectivity index (χ3v) is 3.21. The summed E-state index contributed by atoms with van der Waals surface area (Å²) in [5.41, 5.74) is -0.685. The van der Waals surface area contributed by atoms with Gasteiger partial charge >= 0.3 is 0 Å². The van der Waals surface area contributed by atoms with E-state index < -0.39 is 5.54 Å². The summed E-state index contributed by atoms with van der Waals surface area (Å²) in [6.07, 6.45) is 4.69. The molecule has 0 saturated heterocycles. The average molecular weight is 217 g/mol. The molecule has 0 bridgehead atoms. The van der Waals surface area contributed by atoms with E-state index in [2.05, 4.69) is 5.32 Å². The largest absolute Gasteiger partial charge is 0.394 e. The van der Waals surface area contributed by atoms with Crippen LogP contribution in [0, 0.1) is 0 Å². The predicted octanol–water partition coefficient (Wildman–Crippen LogP) is 0.0129. The van der Waals surface area contributed by atoms with E-state index in [-0.39, 0.29) is 25.4 Å². The van der Waals surface area contributed by atoms with Crippen molar-refractivity contribution in [3.8, 4) is 0 Å². The lowest BCUT2D eigenvalue weighted by atomic mass is 9.99. The van der Waals surface area contributed by atoms with E-state index >= 15 is 0 Å². The van der Waals surface area contributed by atoms with Crippen molar-refractivity contribution in [1.29, 1.82) is 0 Å². The van der Waals surface area contributed by atoms with E-state index in [0.29, 0.717) is 0 Å². The Morgan fingerprint density at radius 3 is 2.33 bits per heavy atom. The molecule has 2 atom stereocenters. The van der Waals surface area contributed by atoms with Crippen LogP contribution in [0.25, 0.3) is 0 Å². The average Bonchev–Trinajstić information content (AvgIpc) is 2.44. The van der Waals surface area contributed by atoms with Crippen molar-refractivity contribution in [2.45, 2.75) is 56.7 Å². The molecule has 2 unspecified atom stereocenters. The van der Waals surface area contributed by atoms with E-state index in [9.17, 15) is 5.11 Å². The minimum absolute atomic E-state index is 0.00296. The number of hydrogen-bond acceptors (Lipinski definition) is 4. The molecule has 0 aromatic carbocycles. The van der Waals surface area contributed by atoms with E-state index in [4.69, 9.17) is 10.2 Å². The second kappa shape index (κ2) is 5.80. The first-order valence-corrected chi connectivity index (χ1v) is 5.79. The summed E-state index contributed by atoms with van der Waals surface area (Å²) in [6.45, 7) is 1.53. The Morgan fingerprint density at radius 1 is 1.13 bits per heavy atom. The number of hydrogen-bond donors (Lipinski definition) is 4. The molecule has 0 aliphatic heterocycles. The van der Waals surface area contributed by atoms with Crippen molar-refractivity contribution in [3.63, 3.8) is 0 Å². The van der Waals surface area contributed by atoms with Crippen LogP contribution in [0.5, 0.6) is 0 Å². The fraction of sp³-hybridized carbons (Fsp3) is 1.00. The van der Waals surface area contributed by atoms with Crippen LogP contribution in [-0.4, -0.2) is 46.2 Å². The quantitative estimate of drug-likeness (QED) is 0.501. The number of rotatable bonds is 4. The summed E-state index contributed by atoms with van der Waals surface area (Å²) in [7, 11) is 0. The van der Waals surface area contributed by atoms with Crippen LogP contribution in [0.2, 0.25) is 0 Å². The van der Waals surface area contributed by atoms with Gasteiger partial charge in [-0.3, -0.25) is 0 Å². The van der Waals surface area contributed by atoms with E-state index in [1.54, 1.807) is 6.92 Å². The van der Waals surface area contributed by atoms with Crippen LogP contribution in [0.4, 0.5) is 0 Å². The molecule has 1 rings (SSSR count). The Kier molecular flexibility index (Phi) is 4.99. The minimum atomic E-state index is -0.685. The predicted molar refractivity (Wildman–Crippen MR) is 58.6 cm³/mol. The van der Waals surface area contributed by atoms with Gasteiger partial charge in [-0.15, -0.1) is 0 Å². The van der Waals surface area contributed by atoms with Gasteiger partial charge in [-0.05, 0) is 19.8 Å². The fourth-order valence-electron chi connectivity index (χ4n) is 2.05. The highest BCUT2D eigenvalue weighted by atomic mass is 16.3. The molecule has 0 heterocycles. The number of aliphatic hydroxyl groups excluding tert-OH is 3. The molecule has 0 aromatic heterocycles. The summed E-state index contributed by atoms with van der Waals surface area (Å²) in [5, 5.41) is 31.4. The first-order valence-electron chi connectivity index (χ1n) is 5.79. The lowest BCUT2D eigenvalue weighted by Crippen LogP contribution is -2.56. The summed E-state index contributed by atoms with van der Waals surface area (Å²) < 4.78 is 0. The van der Waals surface area contributed by atoms with E-state index in [0.717, 1.165) is 32.1 Å². The van der Waals surface area contributed by atoms with Crippen LogP contribution in [-0.2, 0) is 0 Å². The highest BCUT2D eigenvalue weighted by molar-refractivity contribution is 4.89. The lowest BCUT2D eigenvalue weighted by Gasteiger charge is -2.33. The molecule has 1 aliphatic rings. The van der Waals surface area contributed by atoms with Gasteiger partial charge in [-0.1, -0.05) is 19.3 Å². The van der Waals surface area contributed by atoms with Crippen LogP contribution < -0.4 is 5.32 Å². The van der Waals surface area contributed by atoms with Crippen LogP contribution in [0.15, 0.2) is 0 Å². The van der Waals surface area contributed by atoms with E-state index in [1.807, 2.05) is 0 Å². The third-order valence-electron chi connectivity index (χ3n) is 3.21. The Hall–Kier alpha value is -0.160. The van der Waals surface area contributed by atoms with Crippen molar-refractivity contribution in [2.75, 3.05) is 13.2 Å². The molecule has 4 heteroatoms. The highest BCUT2D eigenvalue weighted by Gasteiger charge is 2.30. The van der Waals surface area contributed by atoms with Crippen molar-refractivity contribution in [3.05, 3.63) is 0 Å². The van der Waals surface area contributed by atoms with Crippen LogP contribution in [0.1, 0.15) is 39.0 Å². The Bertz CT molecular complexity index is 183. The fourth-order valence-corrected chi connectivity index (χ4v) is 2.05. The Balaban J connectivity index is 2.53. The summed E-state index contributed by atoms with van der Waals surface area (Å²) in [6, 6.07) is -0.00296. The van der Waals surface area contributed by atoms with Gasteiger partial charge in [0.1, 0.15) is 0 Å². The maximum absolute atomic E-state index is 9.88. The van der Waals surface area contributed by atoms with Crippen molar-refractivity contribution < 1.29 is 15.3 Å². The van der Waals surface area contributed by atoms with E-state index in [1.165, 1.54) is 0 Å². The molecule has 90 valence electrons. The monoisotopic (exact) mass is 217 g/mol.